The Bertz CT molecular complexity index is 686. The van der Waals surface area contributed by atoms with E-state index in [4.69, 9.17) is 5.11 Å². The van der Waals surface area contributed by atoms with Gasteiger partial charge in [-0.25, -0.2) is 9.97 Å². The minimum atomic E-state index is 0.167. The maximum atomic E-state index is 8.91. The van der Waals surface area contributed by atoms with Gasteiger partial charge in [-0.15, -0.1) is 11.3 Å². The Balaban J connectivity index is 2.01. The van der Waals surface area contributed by atoms with E-state index in [0.717, 1.165) is 32.3 Å². The van der Waals surface area contributed by atoms with E-state index in [2.05, 4.69) is 21.0 Å². The minimum absolute atomic E-state index is 0.167. The molecule has 0 spiro atoms. The number of fused-ring (bicyclic) bond motifs is 1. The fraction of sp³-hybridized carbons (Fsp3) is 0.231. The van der Waals surface area contributed by atoms with E-state index in [1.807, 2.05) is 25.3 Å². The quantitative estimate of drug-likeness (QED) is 0.759. The Morgan fingerprint density at radius 2 is 2.28 bits per heavy atom. The maximum Gasteiger partial charge on any atom is 0.123 e. The summed E-state index contributed by atoms with van der Waals surface area (Å²) in [5.74, 6) is 0.919. The summed E-state index contributed by atoms with van der Waals surface area (Å²) in [6.45, 7) is 2.11. The fourth-order valence-electron chi connectivity index (χ4n) is 1.94. The van der Waals surface area contributed by atoms with Gasteiger partial charge >= 0.3 is 0 Å². The van der Waals surface area contributed by atoms with Crippen LogP contribution in [-0.4, -0.2) is 26.7 Å². The maximum absolute atomic E-state index is 8.91. The van der Waals surface area contributed by atoms with Gasteiger partial charge in [0.25, 0.3) is 0 Å². The van der Waals surface area contributed by atoms with Crippen LogP contribution in [0.1, 0.15) is 10.7 Å². The third-order valence-corrected chi connectivity index (χ3v) is 3.87. The van der Waals surface area contributed by atoms with E-state index in [-0.39, 0.29) is 6.61 Å². The number of aromatic amines is 1. The molecule has 0 atom stereocenters. The Kier molecular flexibility index (Phi) is 2.85. The van der Waals surface area contributed by atoms with Crippen LogP contribution in [-0.2, 0) is 6.42 Å². The standard InChI is InChI=1S/C13H13N3OS/c1-8-15-11-3-2-9(6-12(11)16-8)13-14-7-10(18-13)4-5-17/h2-3,6-7,17H,4-5H2,1H3,(H,15,16). The first kappa shape index (κ1) is 11.4. The summed E-state index contributed by atoms with van der Waals surface area (Å²) < 4.78 is 0. The van der Waals surface area contributed by atoms with Crippen molar-refractivity contribution in [2.45, 2.75) is 13.3 Å². The number of rotatable bonds is 3. The van der Waals surface area contributed by atoms with Gasteiger partial charge in [-0.1, -0.05) is 0 Å². The van der Waals surface area contributed by atoms with Crippen molar-refractivity contribution < 1.29 is 5.11 Å². The summed E-state index contributed by atoms with van der Waals surface area (Å²) in [6, 6.07) is 6.10. The van der Waals surface area contributed by atoms with E-state index in [0.29, 0.717) is 6.42 Å². The van der Waals surface area contributed by atoms with E-state index < -0.39 is 0 Å². The zero-order chi connectivity index (χ0) is 12.5. The number of thiazole rings is 1. The molecular weight excluding hydrogens is 246 g/mol. The van der Waals surface area contributed by atoms with Gasteiger partial charge in [0.1, 0.15) is 10.8 Å². The van der Waals surface area contributed by atoms with E-state index in [1.165, 1.54) is 0 Å². The number of aliphatic hydroxyl groups is 1. The SMILES string of the molecule is Cc1nc2ccc(-c3ncc(CCO)s3)cc2[nH]1. The van der Waals surface area contributed by atoms with Gasteiger partial charge in [-0.2, -0.15) is 0 Å². The van der Waals surface area contributed by atoms with Crippen LogP contribution >= 0.6 is 11.3 Å². The molecule has 0 bridgehead atoms. The summed E-state index contributed by atoms with van der Waals surface area (Å²) in [5.41, 5.74) is 3.09. The Morgan fingerprint density at radius 3 is 3.11 bits per heavy atom. The molecular formula is C13H13N3OS. The third-order valence-electron chi connectivity index (χ3n) is 2.76. The number of nitrogens with zero attached hydrogens (tertiary/aromatic N) is 2. The van der Waals surface area contributed by atoms with Gasteiger partial charge in [-0.05, 0) is 25.1 Å². The van der Waals surface area contributed by atoms with Crippen molar-refractivity contribution in [3.8, 4) is 10.6 Å². The van der Waals surface area contributed by atoms with Crippen molar-refractivity contribution in [3.05, 3.63) is 35.1 Å². The first-order valence-corrected chi connectivity index (χ1v) is 6.60. The highest BCUT2D eigenvalue weighted by Crippen LogP contribution is 2.27. The van der Waals surface area contributed by atoms with Gasteiger partial charge in [0.15, 0.2) is 0 Å². The van der Waals surface area contributed by atoms with Gasteiger partial charge in [0.05, 0.1) is 11.0 Å². The van der Waals surface area contributed by atoms with Crippen molar-refractivity contribution in [1.29, 1.82) is 0 Å². The smallest absolute Gasteiger partial charge is 0.123 e. The van der Waals surface area contributed by atoms with Crippen molar-refractivity contribution in [2.24, 2.45) is 0 Å². The number of aliphatic hydroxyl groups excluding tert-OH is 1. The molecule has 0 saturated carbocycles. The molecule has 3 aromatic rings. The molecule has 0 fully saturated rings. The Hall–Kier alpha value is -1.72. The van der Waals surface area contributed by atoms with Crippen molar-refractivity contribution in [2.75, 3.05) is 6.61 Å². The molecule has 0 aliphatic heterocycles. The van der Waals surface area contributed by atoms with E-state index in [9.17, 15) is 0 Å². The molecule has 0 aliphatic carbocycles. The lowest BCUT2D eigenvalue weighted by atomic mass is 10.2. The molecule has 0 saturated heterocycles. The minimum Gasteiger partial charge on any atom is -0.396 e. The largest absolute Gasteiger partial charge is 0.396 e. The topological polar surface area (TPSA) is 61.8 Å². The molecule has 0 amide bonds. The first-order valence-electron chi connectivity index (χ1n) is 5.78. The molecule has 4 nitrogen and oxygen atoms in total. The lowest BCUT2D eigenvalue weighted by molar-refractivity contribution is 0.300. The molecule has 2 heterocycles. The van der Waals surface area contributed by atoms with Crippen LogP contribution in [0, 0.1) is 6.92 Å². The lowest BCUT2D eigenvalue weighted by Crippen LogP contribution is -1.84. The monoisotopic (exact) mass is 259 g/mol. The first-order chi connectivity index (χ1) is 8.76. The van der Waals surface area contributed by atoms with Gasteiger partial charge < -0.3 is 10.1 Å². The Morgan fingerprint density at radius 1 is 1.39 bits per heavy atom. The van der Waals surface area contributed by atoms with Crippen LogP contribution in [0.3, 0.4) is 0 Å². The molecule has 2 N–H and O–H groups in total. The summed E-state index contributed by atoms with van der Waals surface area (Å²) in [6.07, 6.45) is 2.50. The number of benzene rings is 1. The highest BCUT2D eigenvalue weighted by atomic mass is 32.1. The average molecular weight is 259 g/mol. The molecule has 0 radical (unpaired) electrons. The number of nitrogens with one attached hydrogen (secondary N) is 1. The van der Waals surface area contributed by atoms with Gasteiger partial charge in [0, 0.05) is 29.7 Å². The fourth-order valence-corrected chi connectivity index (χ4v) is 2.83. The van der Waals surface area contributed by atoms with E-state index >= 15 is 0 Å². The molecule has 92 valence electrons. The third kappa shape index (κ3) is 2.02. The molecule has 0 aliphatic rings. The van der Waals surface area contributed by atoms with Crippen LogP contribution in [0.4, 0.5) is 0 Å². The molecule has 5 heteroatoms. The predicted octanol–water partition coefficient (Wildman–Crippen LogP) is 2.53. The van der Waals surface area contributed by atoms with Crippen LogP contribution in [0.25, 0.3) is 21.6 Å². The molecule has 1 aromatic carbocycles. The summed E-state index contributed by atoms with van der Waals surface area (Å²) in [4.78, 5) is 13.1. The second-order valence-corrected chi connectivity index (χ2v) is 5.27. The predicted molar refractivity (Wildman–Crippen MR) is 72.7 cm³/mol. The summed E-state index contributed by atoms with van der Waals surface area (Å²) in [7, 11) is 0. The van der Waals surface area contributed by atoms with Crippen LogP contribution < -0.4 is 0 Å². The van der Waals surface area contributed by atoms with Crippen LogP contribution in [0.15, 0.2) is 24.4 Å². The molecule has 2 aromatic heterocycles. The van der Waals surface area contributed by atoms with Crippen LogP contribution in [0.5, 0.6) is 0 Å². The number of hydrogen-bond donors (Lipinski definition) is 2. The van der Waals surface area contributed by atoms with Crippen molar-refractivity contribution >= 4 is 22.4 Å². The highest BCUT2D eigenvalue weighted by molar-refractivity contribution is 7.15. The number of hydrogen-bond acceptors (Lipinski definition) is 4. The van der Waals surface area contributed by atoms with Crippen molar-refractivity contribution in [1.82, 2.24) is 15.0 Å². The van der Waals surface area contributed by atoms with Crippen molar-refractivity contribution in [3.63, 3.8) is 0 Å². The summed E-state index contributed by atoms with van der Waals surface area (Å²) in [5, 5.41) is 9.89. The number of imidazole rings is 1. The average Bonchev–Trinajstić information content (AvgIpc) is 2.93. The molecule has 0 unspecified atom stereocenters. The zero-order valence-electron chi connectivity index (χ0n) is 9.97. The lowest BCUT2D eigenvalue weighted by Gasteiger charge is -1.95. The highest BCUT2D eigenvalue weighted by Gasteiger charge is 2.07. The second-order valence-electron chi connectivity index (χ2n) is 4.16. The number of aryl methyl sites for hydroxylation is 1. The zero-order valence-corrected chi connectivity index (χ0v) is 10.8. The molecule has 3 rings (SSSR count). The normalized spacial score (nSPS) is 11.2. The summed E-state index contributed by atoms with van der Waals surface area (Å²) >= 11 is 1.62. The van der Waals surface area contributed by atoms with Gasteiger partial charge in [-0.3, -0.25) is 0 Å². The molecule has 18 heavy (non-hydrogen) atoms. The number of aromatic nitrogens is 3. The Labute approximate surface area is 108 Å². The van der Waals surface area contributed by atoms with E-state index in [1.54, 1.807) is 11.3 Å². The van der Waals surface area contributed by atoms with Gasteiger partial charge in [0.2, 0.25) is 0 Å². The van der Waals surface area contributed by atoms with Crippen LogP contribution in [0.2, 0.25) is 0 Å². The second kappa shape index (κ2) is 4.51. The number of H-pyrrole nitrogens is 1.